The standard InChI is InChI=1S/C33H18N4O9S2/c34-36-27-17-15-23-25(32(27)39)3-1-5-29(23)47(41,42)45-21-11-7-19(8-12-21)31(38)20-9-13-22(14-10-20)46-48(43,44)30-6-2-4-26-24(30)16-18-28(37-35)33(26)40/h1-18H/p+2. The van der Waals surface area contributed by atoms with Gasteiger partial charge in [-0.25, -0.2) is 0 Å². The predicted octanol–water partition coefficient (Wildman–Crippen LogP) is 7.14. The van der Waals surface area contributed by atoms with Gasteiger partial charge >= 0.3 is 31.6 Å². The summed E-state index contributed by atoms with van der Waals surface area (Å²) in [6.45, 7) is 0. The van der Waals surface area contributed by atoms with Crippen molar-refractivity contribution in [2.24, 2.45) is 0 Å². The highest BCUT2D eigenvalue weighted by Gasteiger charge is 2.26. The third kappa shape index (κ3) is 5.67. The number of hydrogen-bond acceptors (Lipinski definition) is 11. The molecule has 6 rings (SSSR count). The van der Waals surface area contributed by atoms with Gasteiger partial charge in [0.2, 0.25) is 22.3 Å². The van der Waals surface area contributed by atoms with Crippen molar-refractivity contribution in [3.05, 3.63) is 130 Å². The minimum absolute atomic E-state index is 0.0903. The molecule has 15 heteroatoms. The maximum Gasteiger partial charge on any atom is 0.426 e. The van der Waals surface area contributed by atoms with Gasteiger partial charge in [-0.2, -0.15) is 16.8 Å². The van der Waals surface area contributed by atoms with Crippen LogP contribution in [0.25, 0.3) is 31.5 Å². The summed E-state index contributed by atoms with van der Waals surface area (Å²) in [6, 6.07) is 24.1. The van der Waals surface area contributed by atoms with E-state index in [2.05, 4.69) is 9.95 Å². The summed E-state index contributed by atoms with van der Waals surface area (Å²) in [7, 11) is -8.80. The van der Waals surface area contributed by atoms with E-state index in [1.165, 1.54) is 109 Å². The van der Waals surface area contributed by atoms with E-state index in [1.807, 2.05) is 0 Å². The Morgan fingerprint density at radius 1 is 0.521 bits per heavy atom. The molecule has 48 heavy (non-hydrogen) atoms. The van der Waals surface area contributed by atoms with Gasteiger partial charge in [0, 0.05) is 44.8 Å². The van der Waals surface area contributed by atoms with Gasteiger partial charge in [0.25, 0.3) is 0 Å². The van der Waals surface area contributed by atoms with E-state index in [1.54, 1.807) is 0 Å². The fraction of sp³-hybridized carbons (Fsp3) is 0. The highest BCUT2D eigenvalue weighted by molar-refractivity contribution is 7.87. The average Bonchev–Trinajstić information content (AvgIpc) is 3.08. The molecular formula is C33H20N4O9S2+2. The molecule has 6 aromatic carbocycles. The molecule has 0 aliphatic heterocycles. The molecule has 0 spiro atoms. The van der Waals surface area contributed by atoms with Crippen LogP contribution in [0.1, 0.15) is 15.9 Å². The van der Waals surface area contributed by atoms with Crippen molar-refractivity contribution >= 4 is 58.9 Å². The second-order valence-electron chi connectivity index (χ2n) is 10.2. The van der Waals surface area contributed by atoms with Crippen LogP contribution in [0.4, 0.5) is 11.4 Å². The van der Waals surface area contributed by atoms with E-state index < -0.39 is 37.5 Å². The van der Waals surface area contributed by atoms with Crippen molar-refractivity contribution in [1.29, 1.82) is 10.8 Å². The average molecular weight is 681 g/mol. The second-order valence-corrected chi connectivity index (χ2v) is 13.3. The molecule has 0 heterocycles. The number of rotatable bonds is 8. The molecule has 0 atom stereocenters. The monoisotopic (exact) mass is 680 g/mol. The van der Waals surface area contributed by atoms with Crippen molar-refractivity contribution in [2.45, 2.75) is 9.79 Å². The SMILES string of the molecule is N#[N+]c1ccc2c(S(=O)(=O)Oc3ccc(C(=O)c4ccc(OS(=O)(=O)c5cccc6c(O)c([N+]#N)ccc56)cc4)cc3)cccc2c1O. The fourth-order valence-corrected chi connectivity index (χ4v) is 7.33. The number of nitrogens with zero attached hydrogens (tertiary/aromatic N) is 4. The molecule has 0 saturated carbocycles. The molecule has 0 fully saturated rings. The number of phenolic OH excluding ortho intramolecular Hbond substituents is 2. The first kappa shape index (κ1) is 31.4. The number of diazo groups is 2. The van der Waals surface area contributed by atoms with Gasteiger partial charge < -0.3 is 18.6 Å². The number of hydrogen-bond donors (Lipinski definition) is 2. The molecule has 2 N–H and O–H groups in total. The summed E-state index contributed by atoms with van der Waals surface area (Å²) in [5, 5.41) is 39.2. The Morgan fingerprint density at radius 3 is 1.25 bits per heavy atom. The number of aromatic hydroxyl groups is 2. The van der Waals surface area contributed by atoms with Crippen molar-refractivity contribution in [3.63, 3.8) is 0 Å². The molecule has 0 saturated heterocycles. The zero-order chi connectivity index (χ0) is 34.2. The van der Waals surface area contributed by atoms with E-state index in [9.17, 15) is 31.8 Å². The highest BCUT2D eigenvalue weighted by Crippen LogP contribution is 2.39. The predicted molar refractivity (Wildman–Crippen MR) is 173 cm³/mol. The lowest BCUT2D eigenvalue weighted by Crippen LogP contribution is -2.11. The summed E-state index contributed by atoms with van der Waals surface area (Å²) in [5.74, 6) is -1.45. The molecule has 0 aliphatic rings. The number of carbonyl (C=O) groups excluding carboxylic acids is 1. The van der Waals surface area contributed by atoms with Gasteiger partial charge in [0.15, 0.2) is 15.7 Å². The largest absolute Gasteiger partial charge is 0.501 e. The van der Waals surface area contributed by atoms with Gasteiger partial charge in [-0.1, -0.05) is 24.3 Å². The quantitative estimate of drug-likeness (QED) is 0.0940. The van der Waals surface area contributed by atoms with Crippen LogP contribution in [0.2, 0.25) is 0 Å². The number of ketones is 1. The van der Waals surface area contributed by atoms with Gasteiger partial charge in [-0.05, 0) is 72.8 Å². The summed E-state index contributed by atoms with van der Waals surface area (Å²) in [4.78, 5) is 18.6. The zero-order valence-corrected chi connectivity index (χ0v) is 25.9. The first-order chi connectivity index (χ1) is 22.9. The Kier molecular flexibility index (Phi) is 7.85. The van der Waals surface area contributed by atoms with E-state index in [0.29, 0.717) is 0 Å². The highest BCUT2D eigenvalue weighted by atomic mass is 32.2. The van der Waals surface area contributed by atoms with Crippen LogP contribution in [0, 0.1) is 10.8 Å². The maximum absolute atomic E-state index is 13.1. The van der Waals surface area contributed by atoms with Gasteiger partial charge in [-0.15, -0.1) is 0 Å². The van der Waals surface area contributed by atoms with Crippen molar-refractivity contribution in [1.82, 2.24) is 0 Å². The van der Waals surface area contributed by atoms with Crippen molar-refractivity contribution in [3.8, 4) is 23.0 Å². The topological polar surface area (TPSA) is 201 Å². The summed E-state index contributed by atoms with van der Waals surface area (Å²) in [6.07, 6.45) is 0. The zero-order valence-electron chi connectivity index (χ0n) is 24.2. The molecule has 0 bridgehead atoms. The third-order valence-electron chi connectivity index (χ3n) is 7.34. The molecule has 0 unspecified atom stereocenters. The second kappa shape index (κ2) is 12.0. The number of fused-ring (bicyclic) bond motifs is 2. The molecule has 0 aromatic heterocycles. The van der Waals surface area contributed by atoms with E-state index in [-0.39, 0.29) is 65.3 Å². The summed E-state index contributed by atoms with van der Waals surface area (Å²) >= 11 is 0. The Bertz CT molecular complexity index is 2410. The molecule has 6 aromatic rings. The van der Waals surface area contributed by atoms with Crippen molar-refractivity contribution < 1.29 is 40.2 Å². The molecule has 0 radical (unpaired) electrons. The van der Waals surface area contributed by atoms with Crippen molar-refractivity contribution in [2.75, 3.05) is 0 Å². The van der Waals surface area contributed by atoms with Crippen LogP contribution in [0.3, 0.4) is 0 Å². The fourth-order valence-electron chi connectivity index (χ4n) is 5.03. The summed E-state index contributed by atoms with van der Waals surface area (Å²) < 4.78 is 63.1. The first-order valence-electron chi connectivity index (χ1n) is 13.8. The first-order valence-corrected chi connectivity index (χ1v) is 16.6. The van der Waals surface area contributed by atoms with Crippen LogP contribution < -0.4 is 8.37 Å². The Hall–Kier alpha value is -6.55. The smallest absolute Gasteiger partial charge is 0.426 e. The van der Waals surface area contributed by atoms with Crippen LogP contribution >= 0.6 is 0 Å². The minimum Gasteiger partial charge on any atom is -0.501 e. The Morgan fingerprint density at radius 2 is 0.896 bits per heavy atom. The Balaban J connectivity index is 1.18. The normalized spacial score (nSPS) is 11.5. The molecule has 0 amide bonds. The van der Waals surface area contributed by atoms with Gasteiger partial charge in [0.1, 0.15) is 21.3 Å². The lowest BCUT2D eigenvalue weighted by atomic mass is 10.0. The lowest BCUT2D eigenvalue weighted by molar-refractivity contribution is 0.103. The molecule has 0 aliphatic carbocycles. The molecule has 13 nitrogen and oxygen atoms in total. The third-order valence-corrected chi connectivity index (χ3v) is 9.96. The number of carbonyl (C=O) groups is 1. The lowest BCUT2D eigenvalue weighted by Gasteiger charge is -2.11. The van der Waals surface area contributed by atoms with Gasteiger partial charge in [0.05, 0.1) is 0 Å². The molecule has 236 valence electrons. The number of benzene rings is 6. The van der Waals surface area contributed by atoms with E-state index >= 15 is 0 Å². The van der Waals surface area contributed by atoms with E-state index in [4.69, 9.17) is 19.2 Å². The van der Waals surface area contributed by atoms with Crippen LogP contribution in [-0.4, -0.2) is 32.8 Å². The Labute approximate surface area is 272 Å². The maximum atomic E-state index is 13.1. The van der Waals surface area contributed by atoms with Crippen LogP contribution in [-0.2, 0) is 20.2 Å². The van der Waals surface area contributed by atoms with E-state index in [0.717, 1.165) is 0 Å². The molecular weight excluding hydrogens is 661 g/mol. The summed E-state index contributed by atoms with van der Waals surface area (Å²) in [5.41, 5.74) is 0.0924. The van der Waals surface area contributed by atoms with Crippen LogP contribution in [0.15, 0.2) is 119 Å². The van der Waals surface area contributed by atoms with Crippen LogP contribution in [0.5, 0.6) is 23.0 Å². The van der Waals surface area contributed by atoms with Gasteiger partial charge in [-0.3, -0.25) is 4.79 Å². The minimum atomic E-state index is -4.40. The number of phenols is 2.